The maximum absolute atomic E-state index is 5.14. The third-order valence-electron chi connectivity index (χ3n) is 11.8. The average Bonchev–Trinajstić information content (AvgIpc) is 3.90. The Morgan fingerprint density at radius 2 is 0.764 bits per heavy atom. The second kappa shape index (κ2) is 14.0. The molecule has 0 radical (unpaired) electrons. The fourth-order valence-corrected chi connectivity index (χ4v) is 8.89. The van der Waals surface area contributed by atoms with Gasteiger partial charge in [-0.25, -0.2) is 19.9 Å². The van der Waals surface area contributed by atoms with Crippen molar-refractivity contribution in [2.75, 3.05) is 0 Å². The van der Waals surface area contributed by atoms with Crippen molar-refractivity contribution in [3.63, 3.8) is 0 Å². The number of hydrogen-bond acceptors (Lipinski definition) is 4. The van der Waals surface area contributed by atoms with Crippen molar-refractivity contribution in [3.8, 4) is 78.9 Å². The maximum Gasteiger partial charge on any atom is 0.160 e. The van der Waals surface area contributed by atoms with E-state index in [1.54, 1.807) is 0 Å². The Balaban J connectivity index is 1.04. The van der Waals surface area contributed by atoms with E-state index < -0.39 is 0 Å². The summed E-state index contributed by atoms with van der Waals surface area (Å²) in [6.45, 7) is 0. The van der Waals surface area contributed by atoms with E-state index >= 15 is 0 Å². The lowest BCUT2D eigenvalue weighted by molar-refractivity contribution is 0.419. The summed E-state index contributed by atoms with van der Waals surface area (Å²) in [6, 6.07) is 61.6. The van der Waals surface area contributed by atoms with Crippen LogP contribution in [0.2, 0.25) is 0 Å². The molecule has 0 amide bonds. The first-order chi connectivity index (χ1) is 27.2. The smallest absolute Gasteiger partial charge is 0.160 e. The molecular formula is C51H40N4. The molecule has 8 aromatic rings. The van der Waals surface area contributed by atoms with Crippen LogP contribution in [-0.4, -0.2) is 19.9 Å². The largest absolute Gasteiger partial charge is 0.228 e. The molecule has 2 aliphatic carbocycles. The lowest BCUT2D eigenvalue weighted by atomic mass is 9.77. The fourth-order valence-electron chi connectivity index (χ4n) is 8.89. The monoisotopic (exact) mass is 708 g/mol. The second-order valence-electron chi connectivity index (χ2n) is 15.2. The molecule has 55 heavy (non-hydrogen) atoms. The van der Waals surface area contributed by atoms with Crippen molar-refractivity contribution in [2.45, 2.75) is 37.5 Å². The number of nitrogens with zero attached hydrogens (tertiary/aromatic N) is 4. The van der Waals surface area contributed by atoms with Crippen LogP contribution in [0.3, 0.4) is 0 Å². The van der Waals surface area contributed by atoms with Crippen LogP contribution in [0.15, 0.2) is 176 Å². The highest BCUT2D eigenvalue weighted by Crippen LogP contribution is 2.55. The van der Waals surface area contributed by atoms with Gasteiger partial charge < -0.3 is 0 Å². The number of rotatable bonds is 8. The zero-order chi connectivity index (χ0) is 36.6. The Morgan fingerprint density at radius 1 is 0.364 bits per heavy atom. The molecule has 2 aromatic heterocycles. The van der Waals surface area contributed by atoms with Crippen molar-refractivity contribution < 1.29 is 0 Å². The summed E-state index contributed by atoms with van der Waals surface area (Å²) in [4.78, 5) is 20.5. The van der Waals surface area contributed by atoms with Crippen LogP contribution >= 0.6 is 0 Å². The first kappa shape index (κ1) is 33.1. The first-order valence-electron chi connectivity index (χ1n) is 19.4. The predicted molar refractivity (Wildman–Crippen MR) is 224 cm³/mol. The molecule has 0 atom stereocenters. The topological polar surface area (TPSA) is 51.6 Å². The molecule has 2 aliphatic rings. The fraction of sp³-hybridized carbons (Fsp3) is 0.137. The predicted octanol–water partition coefficient (Wildman–Crippen LogP) is 12.8. The Hall–Kier alpha value is -6.52. The van der Waals surface area contributed by atoms with Gasteiger partial charge in [-0.05, 0) is 72.3 Å². The van der Waals surface area contributed by atoms with Crippen LogP contribution in [0.1, 0.15) is 37.7 Å². The molecule has 0 spiro atoms. The van der Waals surface area contributed by atoms with Gasteiger partial charge in [-0.1, -0.05) is 164 Å². The molecule has 2 bridgehead atoms. The minimum Gasteiger partial charge on any atom is -0.228 e. The van der Waals surface area contributed by atoms with Crippen LogP contribution in [0, 0.1) is 5.92 Å². The summed E-state index contributed by atoms with van der Waals surface area (Å²) >= 11 is 0. The first-order valence-corrected chi connectivity index (χ1v) is 19.4. The van der Waals surface area contributed by atoms with Gasteiger partial charge in [0, 0.05) is 33.4 Å². The zero-order valence-electron chi connectivity index (χ0n) is 30.6. The van der Waals surface area contributed by atoms with E-state index in [1.165, 1.54) is 37.7 Å². The Morgan fingerprint density at radius 3 is 1.24 bits per heavy atom. The van der Waals surface area contributed by atoms with Gasteiger partial charge >= 0.3 is 0 Å². The van der Waals surface area contributed by atoms with Gasteiger partial charge in [0.25, 0.3) is 0 Å². The lowest BCUT2D eigenvalue weighted by Crippen LogP contribution is -2.19. The molecule has 0 unspecified atom stereocenters. The number of fused-ring (bicyclic) bond motifs is 2. The van der Waals surface area contributed by atoms with Crippen LogP contribution in [0.25, 0.3) is 78.9 Å². The Kier molecular flexibility index (Phi) is 8.44. The lowest BCUT2D eigenvalue weighted by Gasteiger charge is -2.27. The van der Waals surface area contributed by atoms with Crippen molar-refractivity contribution in [2.24, 2.45) is 5.92 Å². The van der Waals surface area contributed by atoms with E-state index in [4.69, 9.17) is 19.9 Å². The summed E-state index contributed by atoms with van der Waals surface area (Å²) in [5.41, 5.74) is 13.9. The van der Waals surface area contributed by atoms with Crippen molar-refractivity contribution in [3.05, 3.63) is 181 Å². The van der Waals surface area contributed by atoms with Gasteiger partial charge in [0.2, 0.25) is 0 Å². The number of benzene rings is 6. The van der Waals surface area contributed by atoms with Crippen LogP contribution in [0.5, 0.6) is 0 Å². The molecule has 2 heterocycles. The van der Waals surface area contributed by atoms with E-state index in [0.717, 1.165) is 79.0 Å². The molecule has 0 N–H and O–H groups in total. The minimum absolute atomic E-state index is 0.383. The third-order valence-corrected chi connectivity index (χ3v) is 11.8. The van der Waals surface area contributed by atoms with Gasteiger partial charge in [0.05, 0.1) is 22.8 Å². The summed E-state index contributed by atoms with van der Waals surface area (Å²) in [7, 11) is 0. The van der Waals surface area contributed by atoms with Crippen molar-refractivity contribution in [1.29, 1.82) is 0 Å². The van der Waals surface area contributed by atoms with E-state index in [9.17, 15) is 0 Å². The molecule has 2 fully saturated rings. The summed E-state index contributed by atoms with van der Waals surface area (Å²) in [5, 5.41) is 0. The van der Waals surface area contributed by atoms with Gasteiger partial charge in [-0.3, -0.25) is 0 Å². The highest BCUT2D eigenvalue weighted by molar-refractivity contribution is 5.84. The average molecular weight is 709 g/mol. The molecular weight excluding hydrogens is 669 g/mol. The maximum atomic E-state index is 5.14. The zero-order valence-corrected chi connectivity index (χ0v) is 30.6. The summed E-state index contributed by atoms with van der Waals surface area (Å²) < 4.78 is 0. The van der Waals surface area contributed by atoms with Gasteiger partial charge in [-0.2, -0.15) is 0 Å². The van der Waals surface area contributed by atoms with E-state index in [2.05, 4.69) is 133 Å². The highest BCUT2D eigenvalue weighted by atomic mass is 14.9. The number of hydrogen-bond donors (Lipinski definition) is 0. The van der Waals surface area contributed by atoms with Gasteiger partial charge in [0.1, 0.15) is 0 Å². The van der Waals surface area contributed by atoms with Crippen LogP contribution in [0.4, 0.5) is 0 Å². The summed E-state index contributed by atoms with van der Waals surface area (Å²) in [6.07, 6.45) is 6.76. The van der Waals surface area contributed by atoms with E-state index in [0.29, 0.717) is 11.2 Å². The van der Waals surface area contributed by atoms with Gasteiger partial charge in [-0.15, -0.1) is 0 Å². The normalized spacial score (nSPS) is 17.3. The van der Waals surface area contributed by atoms with E-state index in [-0.39, 0.29) is 0 Å². The van der Waals surface area contributed by atoms with Gasteiger partial charge in [0.15, 0.2) is 11.6 Å². The molecule has 0 aliphatic heterocycles. The van der Waals surface area contributed by atoms with Crippen LogP contribution < -0.4 is 0 Å². The van der Waals surface area contributed by atoms with Crippen LogP contribution in [-0.2, 0) is 5.41 Å². The third kappa shape index (κ3) is 6.44. The van der Waals surface area contributed by atoms with E-state index in [1.807, 2.05) is 42.5 Å². The molecule has 4 nitrogen and oxygen atoms in total. The Labute approximate surface area is 322 Å². The number of aromatic nitrogens is 4. The van der Waals surface area contributed by atoms with Crippen molar-refractivity contribution >= 4 is 0 Å². The molecule has 0 saturated heterocycles. The molecule has 10 rings (SSSR count). The Bertz CT molecular complexity index is 2590. The minimum atomic E-state index is 0.383. The standard InChI is InChI=1S/C51H40N4/c1-4-12-36(13-5-1)43-18-10-11-19-44(43)48-33-47(54-50(55-48)41-16-8-3-9-17-41)38-22-20-37(21-23-38)45-32-46(53-49(52-45)40-14-6-2-7-15-40)39-24-26-42(27-25-39)51-30-28-35(34-51)29-31-51/h1-27,32-33,35H,28-31,34H2. The second-order valence-corrected chi connectivity index (χ2v) is 15.2. The SMILES string of the molecule is c1ccc(-c2nc(-c3ccc(-c4cc(-c5ccccc5-c5ccccc5)nc(-c5ccccc5)n4)cc3)cc(-c3ccc(C45CCC(CC4)C5)cc3)n2)cc1. The molecule has 264 valence electrons. The quantitative estimate of drug-likeness (QED) is 0.158. The summed E-state index contributed by atoms with van der Waals surface area (Å²) in [5.74, 6) is 2.33. The molecule has 2 saturated carbocycles. The highest BCUT2D eigenvalue weighted by Gasteiger charge is 2.45. The van der Waals surface area contributed by atoms with Crippen molar-refractivity contribution in [1.82, 2.24) is 19.9 Å². The molecule has 4 heteroatoms. The molecule has 6 aromatic carbocycles.